The van der Waals surface area contributed by atoms with Crippen LogP contribution in [0.15, 0.2) is 28.7 Å². The second-order valence-corrected chi connectivity index (χ2v) is 4.54. The molecule has 0 atom stereocenters. The molecule has 1 heterocycles. The zero-order valence-electron chi connectivity index (χ0n) is 10.3. The summed E-state index contributed by atoms with van der Waals surface area (Å²) in [5, 5.41) is 1.28. The molecule has 0 N–H and O–H groups in total. The minimum absolute atomic E-state index is 1.01. The van der Waals surface area contributed by atoms with Crippen molar-refractivity contribution in [2.24, 2.45) is 0 Å². The van der Waals surface area contributed by atoms with Crippen molar-refractivity contribution < 1.29 is 4.42 Å². The molecule has 0 aliphatic heterocycles. The third kappa shape index (κ3) is 2.27. The van der Waals surface area contributed by atoms with Gasteiger partial charge in [0.1, 0.15) is 11.3 Å². The molecule has 0 unspecified atom stereocenters. The van der Waals surface area contributed by atoms with Gasteiger partial charge in [-0.25, -0.2) is 0 Å². The number of benzene rings is 1. The number of nitrogens with zero attached hydrogens (tertiary/aromatic N) is 1. The molecule has 2 nitrogen and oxygen atoms in total. The van der Waals surface area contributed by atoms with E-state index in [1.54, 1.807) is 0 Å². The Bertz CT molecular complexity index is 471. The van der Waals surface area contributed by atoms with Crippen LogP contribution in [0, 0.1) is 6.92 Å². The van der Waals surface area contributed by atoms with Crippen molar-refractivity contribution in [1.29, 1.82) is 0 Å². The fourth-order valence-electron chi connectivity index (χ4n) is 2.10. The van der Waals surface area contributed by atoms with E-state index >= 15 is 0 Å². The summed E-state index contributed by atoms with van der Waals surface area (Å²) in [6, 6.07) is 8.29. The highest BCUT2D eigenvalue weighted by molar-refractivity contribution is 5.82. The number of aryl methyl sites for hydroxylation is 2. The monoisotopic (exact) mass is 217 g/mol. The number of rotatable bonds is 4. The molecule has 16 heavy (non-hydrogen) atoms. The van der Waals surface area contributed by atoms with E-state index in [0.29, 0.717) is 0 Å². The van der Waals surface area contributed by atoms with E-state index in [4.69, 9.17) is 4.42 Å². The van der Waals surface area contributed by atoms with Gasteiger partial charge in [-0.1, -0.05) is 18.2 Å². The molecular weight excluding hydrogens is 198 g/mol. The van der Waals surface area contributed by atoms with Crippen LogP contribution in [-0.4, -0.2) is 25.5 Å². The van der Waals surface area contributed by atoms with Gasteiger partial charge in [0.2, 0.25) is 0 Å². The lowest BCUT2D eigenvalue weighted by molar-refractivity contribution is 0.400. The molecule has 2 heteroatoms. The Balaban J connectivity index is 2.19. The van der Waals surface area contributed by atoms with Crippen molar-refractivity contribution in [3.8, 4) is 0 Å². The standard InChI is InChI=1S/C14H19NO/c1-11-12(8-6-10-15(2)3)13-7-4-5-9-14(13)16-11/h4-5,7,9H,6,8,10H2,1-3H3. The van der Waals surface area contributed by atoms with Crippen LogP contribution < -0.4 is 0 Å². The molecule has 2 rings (SSSR count). The number of furan rings is 1. The van der Waals surface area contributed by atoms with Crippen molar-refractivity contribution in [2.45, 2.75) is 19.8 Å². The van der Waals surface area contributed by atoms with Crippen molar-refractivity contribution in [1.82, 2.24) is 4.90 Å². The van der Waals surface area contributed by atoms with Gasteiger partial charge < -0.3 is 9.32 Å². The van der Waals surface area contributed by atoms with E-state index in [9.17, 15) is 0 Å². The zero-order chi connectivity index (χ0) is 11.5. The van der Waals surface area contributed by atoms with Gasteiger partial charge in [0.05, 0.1) is 0 Å². The van der Waals surface area contributed by atoms with Gasteiger partial charge in [-0.05, 0) is 46.5 Å². The number of hydrogen-bond donors (Lipinski definition) is 0. The quantitative estimate of drug-likeness (QED) is 0.781. The minimum Gasteiger partial charge on any atom is -0.461 e. The Morgan fingerprint density at radius 1 is 1.19 bits per heavy atom. The van der Waals surface area contributed by atoms with Gasteiger partial charge in [0.15, 0.2) is 0 Å². The first-order chi connectivity index (χ1) is 7.68. The molecule has 0 amide bonds. The zero-order valence-corrected chi connectivity index (χ0v) is 10.3. The summed E-state index contributed by atoms with van der Waals surface area (Å²) in [5.41, 5.74) is 2.39. The summed E-state index contributed by atoms with van der Waals surface area (Å²) < 4.78 is 5.74. The Labute approximate surface area is 96.9 Å². The maximum Gasteiger partial charge on any atom is 0.134 e. The van der Waals surface area contributed by atoms with E-state index in [0.717, 1.165) is 24.3 Å². The van der Waals surface area contributed by atoms with E-state index in [2.05, 4.69) is 38.1 Å². The molecule has 0 aliphatic rings. The van der Waals surface area contributed by atoms with Crippen LogP contribution in [0.2, 0.25) is 0 Å². The minimum atomic E-state index is 1.01. The molecule has 0 fully saturated rings. The molecule has 0 saturated heterocycles. The lowest BCUT2D eigenvalue weighted by Crippen LogP contribution is -2.13. The van der Waals surface area contributed by atoms with Crippen LogP contribution in [0.1, 0.15) is 17.7 Å². The third-order valence-corrected chi connectivity index (χ3v) is 2.93. The number of para-hydroxylation sites is 1. The lowest BCUT2D eigenvalue weighted by atomic mass is 10.1. The summed E-state index contributed by atoms with van der Waals surface area (Å²) in [7, 11) is 4.22. The maximum atomic E-state index is 5.74. The molecular formula is C14H19NO. The molecule has 86 valence electrons. The predicted molar refractivity (Wildman–Crippen MR) is 67.8 cm³/mol. The van der Waals surface area contributed by atoms with Crippen molar-refractivity contribution in [3.05, 3.63) is 35.6 Å². The highest BCUT2D eigenvalue weighted by Gasteiger charge is 2.09. The van der Waals surface area contributed by atoms with Crippen LogP contribution in [-0.2, 0) is 6.42 Å². The fourth-order valence-corrected chi connectivity index (χ4v) is 2.10. The summed E-state index contributed by atoms with van der Waals surface area (Å²) in [5.74, 6) is 1.07. The molecule has 2 aromatic rings. The number of fused-ring (bicyclic) bond motifs is 1. The van der Waals surface area contributed by atoms with Crippen LogP contribution in [0.4, 0.5) is 0 Å². The first-order valence-electron chi connectivity index (χ1n) is 5.80. The van der Waals surface area contributed by atoms with E-state index in [1.165, 1.54) is 17.4 Å². The predicted octanol–water partition coefficient (Wildman–Crippen LogP) is 3.24. The first kappa shape index (κ1) is 11.2. The van der Waals surface area contributed by atoms with Crippen molar-refractivity contribution >= 4 is 11.0 Å². The molecule has 0 saturated carbocycles. The molecule has 0 bridgehead atoms. The Kier molecular flexibility index (Phi) is 3.30. The van der Waals surface area contributed by atoms with Gasteiger partial charge in [-0.2, -0.15) is 0 Å². The smallest absolute Gasteiger partial charge is 0.134 e. The third-order valence-electron chi connectivity index (χ3n) is 2.93. The van der Waals surface area contributed by atoms with Crippen LogP contribution in [0.3, 0.4) is 0 Å². The SMILES string of the molecule is Cc1oc2ccccc2c1CCCN(C)C. The van der Waals surface area contributed by atoms with Crippen LogP contribution >= 0.6 is 0 Å². The van der Waals surface area contributed by atoms with Crippen molar-refractivity contribution in [2.75, 3.05) is 20.6 Å². The molecule has 1 aromatic heterocycles. The highest BCUT2D eigenvalue weighted by atomic mass is 16.3. The molecule has 1 aromatic carbocycles. The first-order valence-corrected chi connectivity index (χ1v) is 5.80. The topological polar surface area (TPSA) is 16.4 Å². The summed E-state index contributed by atoms with van der Waals surface area (Å²) in [6.07, 6.45) is 2.28. The Morgan fingerprint density at radius 2 is 1.94 bits per heavy atom. The van der Waals surface area contributed by atoms with Gasteiger partial charge >= 0.3 is 0 Å². The summed E-state index contributed by atoms with van der Waals surface area (Å²) in [6.45, 7) is 3.18. The van der Waals surface area contributed by atoms with E-state index < -0.39 is 0 Å². The van der Waals surface area contributed by atoms with Gasteiger partial charge in [0.25, 0.3) is 0 Å². The average Bonchev–Trinajstić information content (AvgIpc) is 2.55. The van der Waals surface area contributed by atoms with Gasteiger partial charge in [0, 0.05) is 10.9 Å². The second kappa shape index (κ2) is 4.71. The van der Waals surface area contributed by atoms with Crippen LogP contribution in [0.25, 0.3) is 11.0 Å². The van der Waals surface area contributed by atoms with E-state index in [1.807, 2.05) is 12.1 Å². The highest BCUT2D eigenvalue weighted by Crippen LogP contribution is 2.26. The van der Waals surface area contributed by atoms with Gasteiger partial charge in [-0.3, -0.25) is 0 Å². The summed E-state index contributed by atoms with van der Waals surface area (Å²) in [4.78, 5) is 2.22. The van der Waals surface area contributed by atoms with Crippen molar-refractivity contribution in [3.63, 3.8) is 0 Å². The largest absolute Gasteiger partial charge is 0.461 e. The average molecular weight is 217 g/mol. The fraction of sp³-hybridized carbons (Fsp3) is 0.429. The number of hydrogen-bond acceptors (Lipinski definition) is 2. The Morgan fingerprint density at radius 3 is 2.69 bits per heavy atom. The lowest BCUT2D eigenvalue weighted by Gasteiger charge is -2.08. The van der Waals surface area contributed by atoms with Gasteiger partial charge in [-0.15, -0.1) is 0 Å². The Hall–Kier alpha value is -1.28. The molecule has 0 aliphatic carbocycles. The summed E-state index contributed by atoms with van der Waals surface area (Å²) >= 11 is 0. The normalized spacial score (nSPS) is 11.5. The molecule has 0 spiro atoms. The second-order valence-electron chi connectivity index (χ2n) is 4.54. The van der Waals surface area contributed by atoms with Crippen LogP contribution in [0.5, 0.6) is 0 Å². The molecule has 0 radical (unpaired) electrons. The maximum absolute atomic E-state index is 5.74. The van der Waals surface area contributed by atoms with E-state index in [-0.39, 0.29) is 0 Å².